The Bertz CT molecular complexity index is 992. The second kappa shape index (κ2) is 8.48. The van der Waals surface area contributed by atoms with E-state index in [0.717, 1.165) is 0 Å². The van der Waals surface area contributed by atoms with Gasteiger partial charge in [-0.3, -0.25) is 9.59 Å². The third-order valence-electron chi connectivity index (χ3n) is 4.52. The molecule has 146 valence electrons. The lowest BCUT2D eigenvalue weighted by Crippen LogP contribution is -2.47. The summed E-state index contributed by atoms with van der Waals surface area (Å²) in [7, 11) is 0. The van der Waals surface area contributed by atoms with Gasteiger partial charge in [-0.2, -0.15) is 0 Å². The molecule has 0 fully saturated rings. The largest absolute Gasteiger partial charge is 0.485 e. The molecule has 4 rings (SSSR count). The molecule has 29 heavy (non-hydrogen) atoms. The monoisotopic (exact) mass is 388 g/mol. The smallest absolute Gasteiger partial charge is 0.265 e. The Balaban J connectivity index is 1.51. The first-order valence-corrected chi connectivity index (χ1v) is 9.30. The molecule has 0 saturated heterocycles. The van der Waals surface area contributed by atoms with Crippen LogP contribution in [-0.2, 0) is 9.59 Å². The number of para-hydroxylation sites is 3. The van der Waals surface area contributed by atoms with Crippen molar-refractivity contribution < 1.29 is 19.1 Å². The van der Waals surface area contributed by atoms with Crippen molar-refractivity contribution in [2.45, 2.75) is 12.1 Å². The van der Waals surface area contributed by atoms with Crippen molar-refractivity contribution in [3.8, 4) is 11.5 Å². The number of carbonyl (C=O) groups is 2. The number of hydrogen-bond donors (Lipinski definition) is 2. The van der Waals surface area contributed by atoms with E-state index in [2.05, 4.69) is 10.6 Å². The zero-order valence-electron chi connectivity index (χ0n) is 15.6. The molecular formula is C23H20N2O4. The topological polar surface area (TPSA) is 76.7 Å². The molecule has 0 saturated carbocycles. The van der Waals surface area contributed by atoms with E-state index in [1.807, 2.05) is 48.5 Å². The average Bonchev–Trinajstić information content (AvgIpc) is 2.78. The number of anilines is 1. The molecule has 1 heterocycles. The molecule has 0 bridgehead atoms. The van der Waals surface area contributed by atoms with E-state index in [1.54, 1.807) is 36.4 Å². The second-order valence-electron chi connectivity index (χ2n) is 6.57. The predicted molar refractivity (Wildman–Crippen MR) is 109 cm³/mol. The minimum atomic E-state index is -0.871. The fourth-order valence-corrected chi connectivity index (χ4v) is 3.07. The van der Waals surface area contributed by atoms with Crippen LogP contribution in [0.4, 0.5) is 5.69 Å². The molecule has 2 N–H and O–H groups in total. The number of benzene rings is 3. The summed E-state index contributed by atoms with van der Waals surface area (Å²) in [5.74, 6) is 0.339. The molecule has 2 unspecified atom stereocenters. The molecule has 2 amide bonds. The SMILES string of the molecule is O=C(NC(C(=O)Nc1ccccc1)c1ccccc1)C1COc2ccccc2O1. The molecule has 6 heteroatoms. The summed E-state index contributed by atoms with van der Waals surface area (Å²) in [5.41, 5.74) is 1.32. The van der Waals surface area contributed by atoms with Gasteiger partial charge in [0.25, 0.3) is 11.8 Å². The highest BCUT2D eigenvalue weighted by molar-refractivity contribution is 5.98. The van der Waals surface area contributed by atoms with Crippen molar-refractivity contribution in [3.63, 3.8) is 0 Å². The molecule has 6 nitrogen and oxygen atoms in total. The van der Waals surface area contributed by atoms with Gasteiger partial charge in [-0.15, -0.1) is 0 Å². The van der Waals surface area contributed by atoms with Crippen LogP contribution in [0.15, 0.2) is 84.9 Å². The van der Waals surface area contributed by atoms with Gasteiger partial charge in [0, 0.05) is 5.69 Å². The van der Waals surface area contributed by atoms with Crippen molar-refractivity contribution >= 4 is 17.5 Å². The van der Waals surface area contributed by atoms with Gasteiger partial charge in [-0.1, -0.05) is 60.7 Å². The van der Waals surface area contributed by atoms with E-state index in [0.29, 0.717) is 22.7 Å². The lowest BCUT2D eigenvalue weighted by Gasteiger charge is -2.27. The van der Waals surface area contributed by atoms with E-state index in [9.17, 15) is 9.59 Å². The highest BCUT2D eigenvalue weighted by Crippen LogP contribution is 2.31. The van der Waals surface area contributed by atoms with E-state index in [4.69, 9.17) is 9.47 Å². The van der Waals surface area contributed by atoms with Crippen molar-refractivity contribution in [2.75, 3.05) is 11.9 Å². The molecule has 0 aromatic heterocycles. The highest BCUT2D eigenvalue weighted by atomic mass is 16.6. The normalized spacial score (nSPS) is 15.8. The van der Waals surface area contributed by atoms with Gasteiger partial charge in [0.15, 0.2) is 11.5 Å². The zero-order chi connectivity index (χ0) is 20.1. The number of fused-ring (bicyclic) bond motifs is 1. The highest BCUT2D eigenvalue weighted by Gasteiger charge is 2.31. The summed E-state index contributed by atoms with van der Waals surface area (Å²) >= 11 is 0. The number of ether oxygens (including phenoxy) is 2. The molecule has 3 aromatic rings. The minimum Gasteiger partial charge on any atom is -0.485 e. The maximum absolute atomic E-state index is 12.9. The van der Waals surface area contributed by atoms with Crippen LogP contribution in [0.3, 0.4) is 0 Å². The summed E-state index contributed by atoms with van der Waals surface area (Å²) in [6.07, 6.45) is -0.847. The van der Waals surface area contributed by atoms with Gasteiger partial charge in [-0.05, 0) is 29.8 Å². The second-order valence-corrected chi connectivity index (χ2v) is 6.57. The van der Waals surface area contributed by atoms with Crippen LogP contribution in [0.1, 0.15) is 11.6 Å². The van der Waals surface area contributed by atoms with Crippen LogP contribution in [0.25, 0.3) is 0 Å². The first-order valence-electron chi connectivity index (χ1n) is 9.30. The van der Waals surface area contributed by atoms with Crippen LogP contribution >= 0.6 is 0 Å². The van der Waals surface area contributed by atoms with Gasteiger partial charge in [0.1, 0.15) is 12.6 Å². The molecule has 1 aliphatic rings. The molecule has 1 aliphatic heterocycles. The third kappa shape index (κ3) is 4.38. The molecule has 0 radical (unpaired) electrons. The van der Waals surface area contributed by atoms with Crippen molar-refractivity contribution in [3.05, 3.63) is 90.5 Å². The van der Waals surface area contributed by atoms with Crippen LogP contribution < -0.4 is 20.1 Å². The Kier molecular flexibility index (Phi) is 5.42. The Morgan fingerprint density at radius 2 is 1.45 bits per heavy atom. The molecular weight excluding hydrogens is 368 g/mol. The molecule has 0 spiro atoms. The Morgan fingerprint density at radius 3 is 2.17 bits per heavy atom. The van der Waals surface area contributed by atoms with Crippen molar-refractivity contribution in [1.29, 1.82) is 0 Å². The summed E-state index contributed by atoms with van der Waals surface area (Å²) in [4.78, 5) is 25.8. The van der Waals surface area contributed by atoms with Crippen LogP contribution in [0, 0.1) is 0 Å². The first-order chi connectivity index (χ1) is 14.2. The first kappa shape index (κ1) is 18.6. The van der Waals surface area contributed by atoms with Crippen molar-refractivity contribution in [1.82, 2.24) is 5.32 Å². The van der Waals surface area contributed by atoms with Gasteiger partial charge < -0.3 is 20.1 Å². The van der Waals surface area contributed by atoms with Crippen molar-refractivity contribution in [2.24, 2.45) is 0 Å². The maximum Gasteiger partial charge on any atom is 0.265 e. The van der Waals surface area contributed by atoms with E-state index < -0.39 is 18.1 Å². The van der Waals surface area contributed by atoms with E-state index in [-0.39, 0.29) is 12.5 Å². The summed E-state index contributed by atoms with van der Waals surface area (Å²) in [6, 6.07) is 24.5. The van der Waals surface area contributed by atoms with E-state index >= 15 is 0 Å². The zero-order valence-corrected chi connectivity index (χ0v) is 15.6. The summed E-state index contributed by atoms with van der Waals surface area (Å²) < 4.78 is 11.4. The lowest BCUT2D eigenvalue weighted by atomic mass is 10.1. The standard InChI is InChI=1S/C23H20N2O4/c26-22(20-15-28-18-13-7-8-14-19(18)29-20)25-21(16-9-3-1-4-10-16)23(27)24-17-11-5-2-6-12-17/h1-14,20-21H,15H2,(H,24,27)(H,25,26). The predicted octanol–water partition coefficient (Wildman–Crippen LogP) is 3.32. The molecule has 2 atom stereocenters. The van der Waals surface area contributed by atoms with Gasteiger partial charge in [-0.25, -0.2) is 0 Å². The van der Waals surface area contributed by atoms with Crippen LogP contribution in [0.2, 0.25) is 0 Å². The Hall–Kier alpha value is -3.80. The number of nitrogens with one attached hydrogen (secondary N) is 2. The minimum absolute atomic E-state index is 0.0741. The van der Waals surface area contributed by atoms with Crippen LogP contribution in [0.5, 0.6) is 11.5 Å². The molecule has 0 aliphatic carbocycles. The molecule has 3 aromatic carbocycles. The lowest BCUT2D eigenvalue weighted by molar-refractivity contribution is -0.133. The van der Waals surface area contributed by atoms with Gasteiger partial charge in [0.2, 0.25) is 6.10 Å². The summed E-state index contributed by atoms with van der Waals surface area (Å²) in [5, 5.41) is 5.64. The third-order valence-corrected chi connectivity index (χ3v) is 4.52. The number of rotatable bonds is 5. The summed E-state index contributed by atoms with van der Waals surface area (Å²) in [6.45, 7) is 0.0741. The Labute approximate surface area is 168 Å². The van der Waals surface area contributed by atoms with Gasteiger partial charge in [0.05, 0.1) is 0 Å². The van der Waals surface area contributed by atoms with Crippen LogP contribution in [-0.4, -0.2) is 24.5 Å². The number of hydrogen-bond acceptors (Lipinski definition) is 4. The quantitative estimate of drug-likeness (QED) is 0.703. The Morgan fingerprint density at radius 1 is 0.828 bits per heavy atom. The number of carbonyl (C=O) groups excluding carboxylic acids is 2. The average molecular weight is 388 g/mol. The fraction of sp³-hybridized carbons (Fsp3) is 0.130. The maximum atomic E-state index is 12.9. The van der Waals surface area contributed by atoms with Gasteiger partial charge >= 0.3 is 0 Å². The fourth-order valence-electron chi connectivity index (χ4n) is 3.07. The van der Waals surface area contributed by atoms with E-state index in [1.165, 1.54) is 0 Å². The number of amides is 2.